The Kier molecular flexibility index (Phi) is 6.06. The average molecular weight is 352 g/mol. The molecule has 6 heteroatoms. The minimum Gasteiger partial charge on any atom is -0.444 e. The van der Waals surface area contributed by atoms with Crippen LogP contribution < -0.4 is 5.32 Å². The van der Waals surface area contributed by atoms with E-state index in [0.29, 0.717) is 25.2 Å². The number of aliphatic hydroxyl groups is 1. The molecule has 5 nitrogen and oxygen atoms in total. The molecular weight excluding hydrogens is 323 g/mol. The molecule has 2 rings (SSSR count). The number of hydrogen-bond acceptors (Lipinski definition) is 4. The standard InChI is InChI=1S/C19H29FN2O3/c1-18(2,3)25-17(24)22-10-8-19(4,9-11-22)21-13-16(23)14-6-5-7-15(20)12-14/h5-7,12,16,21,23H,8-11,13H2,1-4H3/t16-/m0/s1. The summed E-state index contributed by atoms with van der Waals surface area (Å²) in [5, 5.41) is 13.6. The first kappa shape index (κ1) is 19.7. The van der Waals surface area contributed by atoms with Crippen molar-refractivity contribution in [1.29, 1.82) is 0 Å². The molecule has 1 aliphatic rings. The summed E-state index contributed by atoms with van der Waals surface area (Å²) in [4.78, 5) is 13.8. The van der Waals surface area contributed by atoms with Gasteiger partial charge >= 0.3 is 6.09 Å². The molecule has 25 heavy (non-hydrogen) atoms. The summed E-state index contributed by atoms with van der Waals surface area (Å²) in [5.41, 5.74) is -0.111. The number of amides is 1. The van der Waals surface area contributed by atoms with Gasteiger partial charge in [-0.1, -0.05) is 12.1 Å². The Bertz CT molecular complexity index is 593. The molecular formula is C19H29FN2O3. The number of rotatable bonds is 4. The van der Waals surface area contributed by atoms with Crippen molar-refractivity contribution >= 4 is 6.09 Å². The van der Waals surface area contributed by atoms with Gasteiger partial charge in [-0.3, -0.25) is 0 Å². The molecule has 0 aromatic heterocycles. The minimum atomic E-state index is -0.767. The lowest BCUT2D eigenvalue weighted by Gasteiger charge is -2.40. The van der Waals surface area contributed by atoms with Crippen LogP contribution in [0.1, 0.15) is 52.2 Å². The van der Waals surface area contributed by atoms with Gasteiger partial charge in [-0.25, -0.2) is 9.18 Å². The van der Waals surface area contributed by atoms with E-state index in [9.17, 15) is 14.3 Å². The molecule has 1 aromatic carbocycles. The van der Waals surface area contributed by atoms with Crippen molar-refractivity contribution < 1.29 is 19.0 Å². The Hall–Kier alpha value is -1.66. The summed E-state index contributed by atoms with van der Waals surface area (Å²) in [6, 6.07) is 6.01. The molecule has 0 saturated carbocycles. The molecule has 0 spiro atoms. The first-order chi connectivity index (χ1) is 11.6. The van der Waals surface area contributed by atoms with Gasteiger partial charge in [-0.2, -0.15) is 0 Å². The van der Waals surface area contributed by atoms with Crippen LogP contribution >= 0.6 is 0 Å². The van der Waals surface area contributed by atoms with Crippen LogP contribution in [-0.2, 0) is 4.74 Å². The summed E-state index contributed by atoms with van der Waals surface area (Å²) in [5.74, 6) is -0.353. The Morgan fingerprint density at radius 1 is 1.40 bits per heavy atom. The van der Waals surface area contributed by atoms with Crippen molar-refractivity contribution in [2.45, 2.75) is 57.8 Å². The lowest BCUT2D eigenvalue weighted by atomic mass is 9.89. The van der Waals surface area contributed by atoms with E-state index in [1.807, 2.05) is 20.8 Å². The number of piperidine rings is 1. The summed E-state index contributed by atoms with van der Waals surface area (Å²) in [6.07, 6.45) is 0.482. The zero-order valence-electron chi connectivity index (χ0n) is 15.5. The van der Waals surface area contributed by atoms with E-state index in [-0.39, 0.29) is 17.4 Å². The Morgan fingerprint density at radius 3 is 2.60 bits per heavy atom. The van der Waals surface area contributed by atoms with Gasteiger partial charge in [-0.05, 0) is 58.2 Å². The fourth-order valence-electron chi connectivity index (χ4n) is 2.86. The van der Waals surface area contributed by atoms with Gasteiger partial charge in [0.1, 0.15) is 11.4 Å². The van der Waals surface area contributed by atoms with E-state index in [0.717, 1.165) is 12.8 Å². The van der Waals surface area contributed by atoms with E-state index in [1.54, 1.807) is 17.0 Å². The smallest absolute Gasteiger partial charge is 0.410 e. The number of benzene rings is 1. The van der Waals surface area contributed by atoms with E-state index >= 15 is 0 Å². The third-order valence-electron chi connectivity index (χ3n) is 4.47. The number of β-amino-alcohol motifs (C(OH)–C–C–N with tert-alkyl or cyclic N) is 1. The van der Waals surface area contributed by atoms with Crippen molar-refractivity contribution in [2.24, 2.45) is 0 Å². The number of aliphatic hydroxyl groups excluding tert-OH is 1. The number of nitrogens with one attached hydrogen (secondary N) is 1. The zero-order chi connectivity index (χ0) is 18.7. The maximum absolute atomic E-state index is 13.3. The Morgan fingerprint density at radius 2 is 2.04 bits per heavy atom. The van der Waals surface area contributed by atoms with Crippen molar-refractivity contribution in [1.82, 2.24) is 10.2 Å². The van der Waals surface area contributed by atoms with Gasteiger partial charge in [-0.15, -0.1) is 0 Å². The van der Waals surface area contributed by atoms with Crippen LogP contribution in [0.5, 0.6) is 0 Å². The molecule has 1 atom stereocenters. The third-order valence-corrected chi connectivity index (χ3v) is 4.47. The van der Waals surface area contributed by atoms with E-state index in [2.05, 4.69) is 12.2 Å². The molecule has 1 fully saturated rings. The highest BCUT2D eigenvalue weighted by molar-refractivity contribution is 5.68. The fourth-order valence-corrected chi connectivity index (χ4v) is 2.86. The molecule has 1 heterocycles. The molecule has 1 saturated heterocycles. The van der Waals surface area contributed by atoms with Gasteiger partial charge in [0.15, 0.2) is 0 Å². The van der Waals surface area contributed by atoms with Gasteiger partial charge in [0.05, 0.1) is 6.10 Å². The van der Waals surface area contributed by atoms with Gasteiger partial charge in [0.25, 0.3) is 0 Å². The molecule has 0 unspecified atom stereocenters. The highest BCUT2D eigenvalue weighted by atomic mass is 19.1. The fraction of sp³-hybridized carbons (Fsp3) is 0.632. The van der Waals surface area contributed by atoms with Crippen LogP contribution in [0.4, 0.5) is 9.18 Å². The van der Waals surface area contributed by atoms with Crippen LogP contribution in [0.2, 0.25) is 0 Å². The predicted molar refractivity (Wildman–Crippen MR) is 94.8 cm³/mol. The van der Waals surface area contributed by atoms with Gasteiger partial charge < -0.3 is 20.1 Å². The number of carbonyl (C=O) groups excluding carboxylic acids is 1. The maximum Gasteiger partial charge on any atom is 0.410 e. The molecule has 0 aliphatic carbocycles. The van der Waals surface area contributed by atoms with Crippen molar-refractivity contribution in [2.75, 3.05) is 19.6 Å². The van der Waals surface area contributed by atoms with E-state index in [4.69, 9.17) is 4.74 Å². The molecule has 1 aliphatic heterocycles. The SMILES string of the molecule is CC1(NC[C@H](O)c2cccc(F)c2)CCN(C(=O)OC(C)(C)C)CC1. The van der Waals surface area contributed by atoms with Gasteiger partial charge in [0.2, 0.25) is 0 Å². The quantitative estimate of drug-likeness (QED) is 0.873. The summed E-state index contributed by atoms with van der Waals surface area (Å²) in [6.45, 7) is 9.20. The largest absolute Gasteiger partial charge is 0.444 e. The van der Waals surface area contributed by atoms with Crippen LogP contribution in [0.3, 0.4) is 0 Å². The predicted octanol–water partition coefficient (Wildman–Crippen LogP) is 3.24. The topological polar surface area (TPSA) is 61.8 Å². The van der Waals surface area contributed by atoms with Crippen molar-refractivity contribution in [3.05, 3.63) is 35.6 Å². The normalized spacial score (nSPS) is 18.7. The van der Waals surface area contributed by atoms with E-state index < -0.39 is 11.7 Å². The number of carbonyl (C=O) groups is 1. The average Bonchev–Trinajstić information content (AvgIpc) is 2.51. The third kappa shape index (κ3) is 5.97. The monoisotopic (exact) mass is 352 g/mol. The summed E-state index contributed by atoms with van der Waals surface area (Å²) < 4.78 is 18.7. The molecule has 1 amide bonds. The number of ether oxygens (including phenoxy) is 1. The van der Waals surface area contributed by atoms with E-state index in [1.165, 1.54) is 12.1 Å². The number of halogens is 1. The lowest BCUT2D eigenvalue weighted by molar-refractivity contribution is 0.0149. The highest BCUT2D eigenvalue weighted by Crippen LogP contribution is 2.24. The first-order valence-electron chi connectivity index (χ1n) is 8.74. The first-order valence-corrected chi connectivity index (χ1v) is 8.74. The van der Waals surface area contributed by atoms with Crippen LogP contribution in [-0.4, -0.2) is 46.9 Å². The highest BCUT2D eigenvalue weighted by Gasteiger charge is 2.33. The van der Waals surface area contributed by atoms with Gasteiger partial charge in [0, 0.05) is 25.2 Å². The summed E-state index contributed by atoms with van der Waals surface area (Å²) in [7, 11) is 0. The number of hydrogen-bond donors (Lipinski definition) is 2. The Labute approximate surface area is 149 Å². The molecule has 0 radical (unpaired) electrons. The minimum absolute atomic E-state index is 0.174. The van der Waals surface area contributed by atoms with Crippen LogP contribution in [0.25, 0.3) is 0 Å². The molecule has 2 N–H and O–H groups in total. The van der Waals surface area contributed by atoms with Crippen LogP contribution in [0, 0.1) is 5.82 Å². The van der Waals surface area contributed by atoms with Crippen molar-refractivity contribution in [3.8, 4) is 0 Å². The number of nitrogens with zero attached hydrogens (tertiary/aromatic N) is 1. The second-order valence-corrected chi connectivity index (χ2v) is 7.98. The second-order valence-electron chi connectivity index (χ2n) is 7.98. The number of likely N-dealkylation sites (tertiary alicyclic amines) is 1. The van der Waals surface area contributed by atoms with Crippen LogP contribution in [0.15, 0.2) is 24.3 Å². The Balaban J connectivity index is 1.83. The maximum atomic E-state index is 13.3. The molecule has 1 aromatic rings. The van der Waals surface area contributed by atoms with Crippen molar-refractivity contribution in [3.63, 3.8) is 0 Å². The second kappa shape index (κ2) is 7.70. The zero-order valence-corrected chi connectivity index (χ0v) is 15.5. The lowest BCUT2D eigenvalue weighted by Crippen LogP contribution is -2.54. The molecule has 0 bridgehead atoms. The molecule has 140 valence electrons. The summed E-state index contributed by atoms with van der Waals surface area (Å²) >= 11 is 0.